The van der Waals surface area contributed by atoms with Crippen LogP contribution in [0.4, 0.5) is 0 Å². The van der Waals surface area contributed by atoms with Gasteiger partial charge in [0.1, 0.15) is 6.23 Å². The van der Waals surface area contributed by atoms with Crippen LogP contribution in [0.5, 0.6) is 0 Å². The van der Waals surface area contributed by atoms with Gasteiger partial charge in [0.15, 0.2) is 0 Å². The minimum absolute atomic E-state index is 0.0183. The van der Waals surface area contributed by atoms with Crippen molar-refractivity contribution in [3.05, 3.63) is 0 Å². The number of fused-ring (bicyclic) bond motifs is 1. The van der Waals surface area contributed by atoms with E-state index in [2.05, 4.69) is 6.92 Å². The summed E-state index contributed by atoms with van der Waals surface area (Å²) in [5, 5.41) is 11.5. The first-order valence-corrected chi connectivity index (χ1v) is 8.29. The smallest absolute Gasteiger partial charge is 0.133 e. The number of hydroxylamine groups is 2. The summed E-state index contributed by atoms with van der Waals surface area (Å²) >= 11 is 0. The van der Waals surface area contributed by atoms with Gasteiger partial charge >= 0.3 is 0 Å². The van der Waals surface area contributed by atoms with Crippen LogP contribution in [0.15, 0.2) is 0 Å². The lowest BCUT2D eigenvalue weighted by molar-refractivity contribution is -0.260. The van der Waals surface area contributed by atoms with E-state index in [1.807, 2.05) is 0 Å². The summed E-state index contributed by atoms with van der Waals surface area (Å²) in [5.41, 5.74) is 0.569. The van der Waals surface area contributed by atoms with Gasteiger partial charge in [0.05, 0.1) is 5.60 Å². The van der Waals surface area contributed by atoms with Gasteiger partial charge in [0.2, 0.25) is 0 Å². The van der Waals surface area contributed by atoms with E-state index in [-0.39, 0.29) is 11.8 Å². The maximum Gasteiger partial charge on any atom is 0.133 e. The molecule has 2 heterocycles. The molecule has 3 heteroatoms. The minimum atomic E-state index is -0.0183. The van der Waals surface area contributed by atoms with Gasteiger partial charge in [-0.25, -0.2) is 0 Å². The molecule has 2 aliphatic carbocycles. The summed E-state index contributed by atoms with van der Waals surface area (Å²) in [6.07, 6.45) is 11.4. The summed E-state index contributed by atoms with van der Waals surface area (Å²) in [6.45, 7) is 3.22. The zero-order chi connectivity index (χ0) is 13.1. The molecule has 108 valence electrons. The third-order valence-electron chi connectivity index (χ3n) is 6.85. The first kappa shape index (κ1) is 12.6. The highest BCUT2D eigenvalue weighted by molar-refractivity contribution is 5.13. The molecule has 2 saturated heterocycles. The molecule has 4 unspecified atom stereocenters. The summed E-state index contributed by atoms with van der Waals surface area (Å²) < 4.78 is 6.50. The van der Waals surface area contributed by atoms with Crippen molar-refractivity contribution in [3.63, 3.8) is 0 Å². The van der Waals surface area contributed by atoms with Gasteiger partial charge in [0, 0.05) is 12.0 Å². The fourth-order valence-electron chi connectivity index (χ4n) is 5.94. The lowest BCUT2D eigenvalue weighted by atomic mass is 9.57. The Morgan fingerprint density at radius 1 is 1.11 bits per heavy atom. The number of hydrogen-bond acceptors (Lipinski definition) is 3. The Balaban J connectivity index is 1.70. The van der Waals surface area contributed by atoms with Crippen LogP contribution >= 0.6 is 0 Å². The van der Waals surface area contributed by atoms with E-state index in [0.29, 0.717) is 5.41 Å². The number of rotatable bonds is 0. The van der Waals surface area contributed by atoms with E-state index >= 15 is 0 Å². The predicted octanol–water partition coefficient (Wildman–Crippen LogP) is 3.56. The molecule has 4 aliphatic rings. The quantitative estimate of drug-likeness (QED) is 0.727. The van der Waals surface area contributed by atoms with Crippen molar-refractivity contribution < 1.29 is 9.94 Å². The molecule has 4 fully saturated rings. The zero-order valence-electron chi connectivity index (χ0n) is 12.1. The topological polar surface area (TPSA) is 32.7 Å². The Kier molecular flexibility index (Phi) is 2.78. The molecule has 5 atom stereocenters. The Hall–Kier alpha value is -0.120. The lowest BCUT2D eigenvalue weighted by Gasteiger charge is -2.52. The van der Waals surface area contributed by atoms with Crippen molar-refractivity contribution in [1.29, 1.82) is 0 Å². The predicted molar refractivity (Wildman–Crippen MR) is 72.7 cm³/mol. The molecular formula is C16H27NO2. The second kappa shape index (κ2) is 4.19. The first-order chi connectivity index (χ1) is 9.15. The number of hydrogen-bond donors (Lipinski definition) is 1. The van der Waals surface area contributed by atoms with Gasteiger partial charge in [0.25, 0.3) is 0 Å². The van der Waals surface area contributed by atoms with E-state index in [4.69, 9.17) is 4.74 Å². The molecule has 0 aromatic rings. The highest BCUT2D eigenvalue weighted by Gasteiger charge is 2.64. The number of nitrogens with zero attached hydrogens (tertiary/aromatic N) is 1. The molecule has 0 aromatic carbocycles. The van der Waals surface area contributed by atoms with E-state index in [9.17, 15) is 5.21 Å². The molecule has 2 saturated carbocycles. The minimum Gasteiger partial charge on any atom is -0.354 e. The molecule has 0 aromatic heterocycles. The summed E-state index contributed by atoms with van der Waals surface area (Å²) in [6, 6.07) is 0. The van der Waals surface area contributed by atoms with E-state index in [1.54, 1.807) is 0 Å². The maximum atomic E-state index is 10.1. The van der Waals surface area contributed by atoms with Crippen LogP contribution in [-0.4, -0.2) is 28.6 Å². The Bertz CT molecular complexity index is 374. The largest absolute Gasteiger partial charge is 0.354 e. The van der Waals surface area contributed by atoms with Crippen LogP contribution in [0.2, 0.25) is 0 Å². The molecular weight excluding hydrogens is 238 g/mol. The molecule has 3 nitrogen and oxygen atoms in total. The molecule has 4 rings (SSSR count). The van der Waals surface area contributed by atoms with E-state index in [1.165, 1.54) is 50.0 Å². The van der Waals surface area contributed by atoms with E-state index in [0.717, 1.165) is 31.2 Å². The Labute approximate surface area is 116 Å². The Morgan fingerprint density at radius 3 is 2.84 bits per heavy atom. The molecule has 2 aliphatic heterocycles. The molecule has 1 N–H and O–H groups in total. The SMILES string of the molecule is CC1CCC23CCCN(O)C4CC[C@@]2(CCC3C1)O4. The summed E-state index contributed by atoms with van der Waals surface area (Å²) in [7, 11) is 0. The molecule has 2 spiro atoms. The third-order valence-corrected chi connectivity index (χ3v) is 6.85. The van der Waals surface area contributed by atoms with Gasteiger partial charge < -0.3 is 9.94 Å². The highest BCUT2D eigenvalue weighted by Crippen LogP contribution is 2.66. The second-order valence-corrected chi connectivity index (χ2v) is 7.64. The average molecular weight is 265 g/mol. The molecule has 0 radical (unpaired) electrons. The van der Waals surface area contributed by atoms with Crippen molar-refractivity contribution in [3.8, 4) is 0 Å². The average Bonchev–Trinajstić information content (AvgIpc) is 2.95. The standard InChI is InChI=1S/C16H27NO2/c1-12-3-7-15-6-2-10-17(18)14-5-9-16(15,19-14)8-4-13(15)11-12/h12-14,18H,2-11H2,1H3/t12?,13?,14?,15?,16-/m1/s1. The monoisotopic (exact) mass is 265 g/mol. The van der Waals surface area contributed by atoms with Crippen molar-refractivity contribution in [2.24, 2.45) is 17.3 Å². The van der Waals surface area contributed by atoms with Gasteiger partial charge in [-0.1, -0.05) is 13.3 Å². The van der Waals surface area contributed by atoms with Gasteiger partial charge in [-0.05, 0) is 63.2 Å². The molecule has 19 heavy (non-hydrogen) atoms. The van der Waals surface area contributed by atoms with E-state index < -0.39 is 0 Å². The van der Waals surface area contributed by atoms with Crippen LogP contribution in [-0.2, 0) is 4.74 Å². The second-order valence-electron chi connectivity index (χ2n) is 7.64. The maximum absolute atomic E-state index is 10.1. The van der Waals surface area contributed by atoms with Crippen LogP contribution in [0.25, 0.3) is 0 Å². The van der Waals surface area contributed by atoms with Crippen LogP contribution in [0.1, 0.15) is 64.7 Å². The first-order valence-electron chi connectivity index (χ1n) is 8.29. The van der Waals surface area contributed by atoms with Crippen LogP contribution in [0.3, 0.4) is 0 Å². The van der Waals surface area contributed by atoms with Gasteiger partial charge in [-0.3, -0.25) is 0 Å². The van der Waals surface area contributed by atoms with Crippen LogP contribution in [0, 0.1) is 17.3 Å². The van der Waals surface area contributed by atoms with Crippen molar-refractivity contribution in [1.82, 2.24) is 5.06 Å². The highest BCUT2D eigenvalue weighted by atomic mass is 16.6. The molecule has 2 bridgehead atoms. The normalized spacial score (nSPS) is 54.3. The fraction of sp³-hybridized carbons (Fsp3) is 1.00. The fourth-order valence-corrected chi connectivity index (χ4v) is 5.94. The summed E-state index contributed by atoms with van der Waals surface area (Å²) in [5.74, 6) is 1.79. The van der Waals surface area contributed by atoms with Crippen molar-refractivity contribution in [2.45, 2.75) is 76.5 Å². The van der Waals surface area contributed by atoms with Gasteiger partial charge in [-0.15, -0.1) is 0 Å². The van der Waals surface area contributed by atoms with Gasteiger partial charge in [-0.2, -0.15) is 5.06 Å². The van der Waals surface area contributed by atoms with Crippen molar-refractivity contribution >= 4 is 0 Å². The summed E-state index contributed by atoms with van der Waals surface area (Å²) in [4.78, 5) is 0. The Morgan fingerprint density at radius 2 is 1.95 bits per heavy atom. The van der Waals surface area contributed by atoms with Crippen LogP contribution < -0.4 is 0 Å². The third kappa shape index (κ3) is 1.61. The zero-order valence-corrected chi connectivity index (χ0v) is 12.1. The van der Waals surface area contributed by atoms with Crippen molar-refractivity contribution in [2.75, 3.05) is 6.54 Å². The number of ether oxygens (including phenoxy) is 1. The lowest BCUT2D eigenvalue weighted by Crippen LogP contribution is -2.52. The molecule has 0 amide bonds.